The van der Waals surface area contributed by atoms with Crippen molar-refractivity contribution in [1.82, 2.24) is 14.8 Å². The number of methoxy groups -OCH3 is 2. The van der Waals surface area contributed by atoms with E-state index in [1.165, 1.54) is 0 Å². The van der Waals surface area contributed by atoms with E-state index in [2.05, 4.69) is 10.1 Å². The molecular weight excluding hydrogens is 290 g/mol. The molecule has 23 heavy (non-hydrogen) atoms. The largest absolute Gasteiger partial charge is 0.497 e. The van der Waals surface area contributed by atoms with Gasteiger partial charge in [0, 0.05) is 7.11 Å². The summed E-state index contributed by atoms with van der Waals surface area (Å²) in [6.07, 6.45) is -0.278. The van der Waals surface area contributed by atoms with Gasteiger partial charge < -0.3 is 9.47 Å². The van der Waals surface area contributed by atoms with E-state index < -0.39 is 0 Å². The maximum atomic E-state index is 5.69. The molecule has 1 aromatic heterocycles. The fourth-order valence-electron chi connectivity index (χ4n) is 2.53. The summed E-state index contributed by atoms with van der Waals surface area (Å²) in [5.74, 6) is 2.26. The Morgan fingerprint density at radius 3 is 2.26 bits per heavy atom. The fourth-order valence-corrected chi connectivity index (χ4v) is 2.53. The summed E-state index contributed by atoms with van der Waals surface area (Å²) >= 11 is 0. The minimum Gasteiger partial charge on any atom is -0.497 e. The maximum Gasteiger partial charge on any atom is 0.166 e. The van der Waals surface area contributed by atoms with Crippen molar-refractivity contribution < 1.29 is 9.47 Å². The summed E-state index contributed by atoms with van der Waals surface area (Å²) in [4.78, 5) is 4.57. The van der Waals surface area contributed by atoms with E-state index in [-0.39, 0.29) is 6.10 Å². The second-order valence-electron chi connectivity index (χ2n) is 5.15. The monoisotopic (exact) mass is 309 g/mol. The predicted molar refractivity (Wildman–Crippen MR) is 87.9 cm³/mol. The van der Waals surface area contributed by atoms with Crippen LogP contribution >= 0.6 is 0 Å². The Labute approximate surface area is 135 Å². The topological polar surface area (TPSA) is 49.2 Å². The van der Waals surface area contributed by atoms with Crippen LogP contribution in [0.15, 0.2) is 54.6 Å². The van der Waals surface area contributed by atoms with Crippen LogP contribution in [0.3, 0.4) is 0 Å². The van der Waals surface area contributed by atoms with Crippen LogP contribution in [0.25, 0.3) is 5.69 Å². The Morgan fingerprint density at radius 1 is 0.957 bits per heavy atom. The van der Waals surface area contributed by atoms with Gasteiger partial charge in [0.15, 0.2) is 5.82 Å². The second kappa shape index (κ2) is 6.62. The summed E-state index contributed by atoms with van der Waals surface area (Å²) in [6, 6.07) is 17.7. The third-order valence-corrected chi connectivity index (χ3v) is 3.63. The molecule has 0 aliphatic carbocycles. The van der Waals surface area contributed by atoms with Crippen LogP contribution in [0, 0.1) is 6.92 Å². The van der Waals surface area contributed by atoms with Gasteiger partial charge in [-0.05, 0) is 36.8 Å². The molecule has 3 aromatic rings. The van der Waals surface area contributed by atoms with Gasteiger partial charge in [0.25, 0.3) is 0 Å². The smallest absolute Gasteiger partial charge is 0.166 e. The van der Waals surface area contributed by atoms with Crippen molar-refractivity contribution >= 4 is 0 Å². The van der Waals surface area contributed by atoms with Crippen molar-refractivity contribution in [3.63, 3.8) is 0 Å². The predicted octanol–water partition coefficient (Wildman–Crippen LogP) is 3.32. The molecule has 0 radical (unpaired) electrons. The highest BCUT2D eigenvalue weighted by Crippen LogP contribution is 2.26. The molecule has 0 unspecified atom stereocenters. The number of aromatic nitrogens is 3. The lowest BCUT2D eigenvalue weighted by atomic mass is 10.1. The van der Waals surface area contributed by atoms with Crippen LogP contribution in [-0.2, 0) is 4.74 Å². The number of rotatable bonds is 5. The molecule has 5 nitrogen and oxygen atoms in total. The molecule has 1 heterocycles. The molecule has 5 heteroatoms. The van der Waals surface area contributed by atoms with Crippen LogP contribution in [0.1, 0.15) is 23.3 Å². The van der Waals surface area contributed by atoms with Gasteiger partial charge in [-0.15, -0.1) is 0 Å². The summed E-state index contributed by atoms with van der Waals surface area (Å²) in [6.45, 7) is 1.88. The first-order valence-electron chi connectivity index (χ1n) is 7.38. The van der Waals surface area contributed by atoms with Gasteiger partial charge in [-0.1, -0.05) is 30.3 Å². The normalized spacial score (nSPS) is 12.1. The van der Waals surface area contributed by atoms with Crippen LogP contribution in [-0.4, -0.2) is 29.0 Å². The van der Waals surface area contributed by atoms with Gasteiger partial charge in [0.05, 0.1) is 12.8 Å². The Balaban J connectivity index is 2.05. The number of benzene rings is 2. The average Bonchev–Trinajstić information content (AvgIpc) is 2.98. The molecule has 0 aliphatic rings. The van der Waals surface area contributed by atoms with E-state index in [9.17, 15) is 0 Å². The zero-order chi connectivity index (χ0) is 16.2. The lowest BCUT2D eigenvalue weighted by Gasteiger charge is -2.16. The third-order valence-electron chi connectivity index (χ3n) is 3.63. The first-order chi connectivity index (χ1) is 11.2. The zero-order valence-electron chi connectivity index (χ0n) is 13.4. The van der Waals surface area contributed by atoms with Gasteiger partial charge in [-0.25, -0.2) is 9.67 Å². The van der Waals surface area contributed by atoms with Crippen LogP contribution in [0.2, 0.25) is 0 Å². The Hall–Kier alpha value is -2.66. The quantitative estimate of drug-likeness (QED) is 0.725. The first-order valence-corrected chi connectivity index (χ1v) is 7.38. The third kappa shape index (κ3) is 3.10. The zero-order valence-corrected chi connectivity index (χ0v) is 13.4. The highest BCUT2D eigenvalue weighted by atomic mass is 16.5. The minimum atomic E-state index is -0.278. The van der Waals surface area contributed by atoms with Gasteiger partial charge in [-0.2, -0.15) is 5.10 Å². The van der Waals surface area contributed by atoms with Gasteiger partial charge in [0.2, 0.25) is 0 Å². The van der Waals surface area contributed by atoms with E-state index in [1.807, 2.05) is 66.2 Å². The molecule has 0 amide bonds. The van der Waals surface area contributed by atoms with Gasteiger partial charge in [-0.3, -0.25) is 0 Å². The van der Waals surface area contributed by atoms with Crippen molar-refractivity contribution in [2.45, 2.75) is 13.0 Å². The SMILES string of the molecule is COc1ccc(-n2nc(C)nc2[C@H](OC)c2ccccc2)cc1. The fraction of sp³-hybridized carbons (Fsp3) is 0.222. The van der Waals surface area contributed by atoms with E-state index in [0.29, 0.717) is 5.82 Å². The molecule has 2 aromatic carbocycles. The molecular formula is C18H19N3O2. The Morgan fingerprint density at radius 2 is 1.65 bits per heavy atom. The van der Waals surface area contributed by atoms with Crippen LogP contribution in [0.5, 0.6) is 5.75 Å². The molecule has 118 valence electrons. The van der Waals surface area contributed by atoms with Crippen molar-refractivity contribution in [3.05, 3.63) is 71.8 Å². The van der Waals surface area contributed by atoms with Crippen molar-refractivity contribution in [1.29, 1.82) is 0 Å². The van der Waals surface area contributed by atoms with Gasteiger partial charge >= 0.3 is 0 Å². The van der Waals surface area contributed by atoms with Crippen molar-refractivity contribution in [3.8, 4) is 11.4 Å². The molecule has 0 bridgehead atoms. The second-order valence-corrected chi connectivity index (χ2v) is 5.15. The first kappa shape index (κ1) is 15.2. The molecule has 0 N–H and O–H groups in total. The molecule has 0 aliphatic heterocycles. The standard InChI is InChI=1S/C18H19N3O2/c1-13-19-18(17(23-3)14-7-5-4-6-8-14)21(20-13)15-9-11-16(22-2)12-10-15/h4-12,17H,1-3H3/t17-/m1/s1. The van der Waals surface area contributed by atoms with E-state index in [0.717, 1.165) is 22.8 Å². The number of hydrogen-bond acceptors (Lipinski definition) is 4. The summed E-state index contributed by atoms with van der Waals surface area (Å²) < 4.78 is 12.7. The van der Waals surface area contributed by atoms with Crippen LogP contribution in [0.4, 0.5) is 0 Å². The highest BCUT2D eigenvalue weighted by Gasteiger charge is 2.21. The molecule has 0 spiro atoms. The van der Waals surface area contributed by atoms with E-state index >= 15 is 0 Å². The Bertz CT molecular complexity index is 767. The number of ether oxygens (including phenoxy) is 2. The van der Waals surface area contributed by atoms with E-state index in [1.54, 1.807) is 14.2 Å². The highest BCUT2D eigenvalue weighted by molar-refractivity contribution is 5.38. The molecule has 0 saturated carbocycles. The van der Waals surface area contributed by atoms with E-state index in [4.69, 9.17) is 9.47 Å². The maximum absolute atomic E-state index is 5.69. The minimum absolute atomic E-state index is 0.278. The molecule has 0 fully saturated rings. The number of aryl methyl sites for hydroxylation is 1. The summed E-state index contributed by atoms with van der Waals surface area (Å²) in [7, 11) is 3.33. The average molecular weight is 309 g/mol. The lowest BCUT2D eigenvalue weighted by Crippen LogP contribution is -2.12. The number of hydrogen-bond donors (Lipinski definition) is 0. The number of nitrogens with zero attached hydrogens (tertiary/aromatic N) is 3. The van der Waals surface area contributed by atoms with Gasteiger partial charge in [0.1, 0.15) is 17.7 Å². The summed E-state index contributed by atoms with van der Waals surface area (Å²) in [5.41, 5.74) is 1.96. The Kier molecular flexibility index (Phi) is 4.39. The molecule has 0 saturated heterocycles. The molecule has 3 rings (SSSR count). The lowest BCUT2D eigenvalue weighted by molar-refractivity contribution is 0.127. The van der Waals surface area contributed by atoms with Crippen molar-refractivity contribution in [2.75, 3.05) is 14.2 Å². The summed E-state index contributed by atoms with van der Waals surface area (Å²) in [5, 5.41) is 4.52. The van der Waals surface area contributed by atoms with Crippen LogP contribution < -0.4 is 4.74 Å². The molecule has 1 atom stereocenters. The van der Waals surface area contributed by atoms with Crippen molar-refractivity contribution in [2.24, 2.45) is 0 Å².